The Hall–Kier alpha value is -3.07. The van der Waals surface area contributed by atoms with Gasteiger partial charge in [0.2, 0.25) is 5.91 Å². The molecule has 0 fully saturated rings. The molecular formula is C23H23NO2. The first-order valence-electron chi connectivity index (χ1n) is 8.91. The normalized spacial score (nSPS) is 10.3. The van der Waals surface area contributed by atoms with Crippen LogP contribution in [0.4, 0.5) is 5.69 Å². The maximum absolute atomic E-state index is 12.3. The highest BCUT2D eigenvalue weighted by Gasteiger charge is 2.08. The van der Waals surface area contributed by atoms with Crippen LogP contribution in [0, 0.1) is 0 Å². The van der Waals surface area contributed by atoms with Gasteiger partial charge in [-0.3, -0.25) is 4.79 Å². The van der Waals surface area contributed by atoms with E-state index in [0.717, 1.165) is 18.4 Å². The number of hydrogen-bond acceptors (Lipinski definition) is 2. The number of carbonyl (C=O) groups excluding carboxylic acids is 1. The lowest BCUT2D eigenvalue weighted by Gasteiger charge is -2.12. The predicted octanol–water partition coefficient (Wildman–Crippen LogP) is 5.23. The van der Waals surface area contributed by atoms with Crippen molar-refractivity contribution in [3.63, 3.8) is 0 Å². The number of ether oxygens (including phenoxy) is 1. The Balaban J connectivity index is 1.51. The lowest BCUT2D eigenvalue weighted by Crippen LogP contribution is -2.12. The largest absolute Gasteiger partial charge is 0.487 e. The van der Waals surface area contributed by atoms with E-state index in [0.29, 0.717) is 24.5 Å². The van der Waals surface area contributed by atoms with E-state index in [4.69, 9.17) is 4.74 Å². The topological polar surface area (TPSA) is 38.3 Å². The smallest absolute Gasteiger partial charge is 0.224 e. The molecule has 3 heteroatoms. The van der Waals surface area contributed by atoms with Gasteiger partial charge in [-0.05, 0) is 36.1 Å². The van der Waals surface area contributed by atoms with Crippen LogP contribution in [0.25, 0.3) is 0 Å². The van der Waals surface area contributed by atoms with Gasteiger partial charge in [0.1, 0.15) is 12.4 Å². The zero-order valence-electron chi connectivity index (χ0n) is 14.7. The first-order chi connectivity index (χ1) is 12.8. The number of nitrogens with one attached hydrogen (secondary N) is 1. The third-order valence-electron chi connectivity index (χ3n) is 4.11. The zero-order valence-corrected chi connectivity index (χ0v) is 14.7. The average Bonchev–Trinajstić information content (AvgIpc) is 2.69. The molecule has 0 heterocycles. The Morgan fingerprint density at radius 2 is 1.38 bits per heavy atom. The number of para-hydroxylation sites is 2. The van der Waals surface area contributed by atoms with Crippen molar-refractivity contribution in [1.29, 1.82) is 0 Å². The lowest BCUT2D eigenvalue weighted by atomic mass is 10.1. The number of amides is 1. The second-order valence-electron chi connectivity index (χ2n) is 6.16. The van der Waals surface area contributed by atoms with E-state index in [2.05, 4.69) is 17.4 Å². The highest BCUT2D eigenvalue weighted by atomic mass is 16.5. The number of aryl methyl sites for hydroxylation is 1. The van der Waals surface area contributed by atoms with Crippen LogP contribution in [0.3, 0.4) is 0 Å². The molecular weight excluding hydrogens is 322 g/mol. The lowest BCUT2D eigenvalue weighted by molar-refractivity contribution is -0.116. The summed E-state index contributed by atoms with van der Waals surface area (Å²) in [7, 11) is 0. The highest BCUT2D eigenvalue weighted by molar-refractivity contribution is 5.92. The number of benzene rings is 3. The summed E-state index contributed by atoms with van der Waals surface area (Å²) >= 11 is 0. The van der Waals surface area contributed by atoms with Crippen LogP contribution in [0.1, 0.15) is 24.0 Å². The SMILES string of the molecule is O=C(CCCc1ccccc1)Nc1ccccc1OCc1ccccc1. The molecule has 0 saturated heterocycles. The van der Waals surface area contributed by atoms with Crippen LogP contribution in [-0.2, 0) is 17.8 Å². The Kier molecular flexibility index (Phi) is 6.43. The van der Waals surface area contributed by atoms with Crippen molar-refractivity contribution >= 4 is 11.6 Å². The minimum atomic E-state index is 0.0108. The minimum absolute atomic E-state index is 0.0108. The maximum Gasteiger partial charge on any atom is 0.224 e. The fraction of sp³-hybridized carbons (Fsp3) is 0.174. The summed E-state index contributed by atoms with van der Waals surface area (Å²) in [6.07, 6.45) is 2.21. The summed E-state index contributed by atoms with van der Waals surface area (Å²) in [6, 6.07) is 27.8. The van der Waals surface area contributed by atoms with Gasteiger partial charge in [-0.25, -0.2) is 0 Å². The van der Waals surface area contributed by atoms with E-state index in [9.17, 15) is 4.79 Å². The van der Waals surface area contributed by atoms with Gasteiger partial charge in [-0.15, -0.1) is 0 Å². The summed E-state index contributed by atoms with van der Waals surface area (Å²) in [5.74, 6) is 0.699. The molecule has 0 atom stereocenters. The first kappa shape index (κ1) is 17.7. The van der Waals surface area contributed by atoms with E-state index in [1.54, 1.807) is 0 Å². The van der Waals surface area contributed by atoms with Gasteiger partial charge in [0.25, 0.3) is 0 Å². The van der Waals surface area contributed by atoms with Gasteiger partial charge in [0, 0.05) is 6.42 Å². The van der Waals surface area contributed by atoms with Crippen molar-refractivity contribution in [3.8, 4) is 5.75 Å². The van der Waals surface area contributed by atoms with Crippen molar-refractivity contribution in [2.24, 2.45) is 0 Å². The molecule has 0 bridgehead atoms. The van der Waals surface area contributed by atoms with Crippen LogP contribution < -0.4 is 10.1 Å². The van der Waals surface area contributed by atoms with E-state index < -0.39 is 0 Å². The first-order valence-corrected chi connectivity index (χ1v) is 8.91. The number of anilines is 1. The van der Waals surface area contributed by atoms with Crippen LogP contribution in [-0.4, -0.2) is 5.91 Å². The van der Waals surface area contributed by atoms with Gasteiger partial charge >= 0.3 is 0 Å². The average molecular weight is 345 g/mol. The van der Waals surface area contributed by atoms with Crippen molar-refractivity contribution in [1.82, 2.24) is 0 Å². The summed E-state index contributed by atoms with van der Waals surface area (Å²) in [4.78, 5) is 12.3. The highest BCUT2D eigenvalue weighted by Crippen LogP contribution is 2.25. The van der Waals surface area contributed by atoms with E-state index in [1.807, 2.05) is 72.8 Å². The van der Waals surface area contributed by atoms with Crippen LogP contribution in [0.2, 0.25) is 0 Å². The third kappa shape index (κ3) is 5.49. The van der Waals surface area contributed by atoms with Gasteiger partial charge in [0.05, 0.1) is 5.69 Å². The van der Waals surface area contributed by atoms with E-state index in [-0.39, 0.29) is 5.91 Å². The molecule has 0 radical (unpaired) electrons. The minimum Gasteiger partial charge on any atom is -0.487 e. The molecule has 0 saturated carbocycles. The Morgan fingerprint density at radius 3 is 2.12 bits per heavy atom. The van der Waals surface area contributed by atoms with Crippen LogP contribution >= 0.6 is 0 Å². The van der Waals surface area contributed by atoms with Gasteiger partial charge < -0.3 is 10.1 Å². The molecule has 132 valence electrons. The van der Waals surface area contributed by atoms with Gasteiger partial charge in [-0.2, -0.15) is 0 Å². The molecule has 3 rings (SSSR count). The number of hydrogen-bond donors (Lipinski definition) is 1. The van der Waals surface area contributed by atoms with Crippen LogP contribution in [0.15, 0.2) is 84.9 Å². The van der Waals surface area contributed by atoms with Crippen molar-refractivity contribution in [2.45, 2.75) is 25.9 Å². The Bertz CT molecular complexity index is 816. The van der Waals surface area contributed by atoms with Crippen molar-refractivity contribution in [3.05, 3.63) is 96.1 Å². The zero-order chi connectivity index (χ0) is 18.0. The number of carbonyl (C=O) groups is 1. The standard InChI is InChI=1S/C23H23NO2/c25-23(17-9-14-19-10-3-1-4-11-19)24-21-15-7-8-16-22(21)26-18-20-12-5-2-6-13-20/h1-8,10-13,15-16H,9,14,17-18H2,(H,24,25). The molecule has 0 aliphatic carbocycles. The Morgan fingerprint density at radius 1 is 0.769 bits per heavy atom. The monoisotopic (exact) mass is 345 g/mol. The van der Waals surface area contributed by atoms with Crippen molar-refractivity contribution < 1.29 is 9.53 Å². The molecule has 0 aliphatic heterocycles. The van der Waals surface area contributed by atoms with E-state index in [1.165, 1.54) is 5.56 Å². The molecule has 26 heavy (non-hydrogen) atoms. The summed E-state index contributed by atoms with van der Waals surface area (Å²) in [5, 5.41) is 2.97. The summed E-state index contributed by atoms with van der Waals surface area (Å²) in [5.41, 5.74) is 3.07. The Labute approximate surface area is 154 Å². The number of rotatable bonds is 8. The second kappa shape index (κ2) is 9.42. The van der Waals surface area contributed by atoms with Gasteiger partial charge in [0.15, 0.2) is 0 Å². The molecule has 1 N–H and O–H groups in total. The van der Waals surface area contributed by atoms with Crippen LogP contribution in [0.5, 0.6) is 5.75 Å². The molecule has 0 spiro atoms. The summed E-state index contributed by atoms with van der Waals surface area (Å²) in [6.45, 7) is 0.474. The predicted molar refractivity (Wildman–Crippen MR) is 105 cm³/mol. The fourth-order valence-electron chi connectivity index (χ4n) is 2.74. The van der Waals surface area contributed by atoms with E-state index >= 15 is 0 Å². The molecule has 0 aliphatic rings. The molecule has 1 amide bonds. The molecule has 3 nitrogen and oxygen atoms in total. The molecule has 3 aromatic rings. The maximum atomic E-state index is 12.3. The molecule has 0 aromatic heterocycles. The quantitative estimate of drug-likeness (QED) is 0.607. The second-order valence-corrected chi connectivity index (χ2v) is 6.16. The van der Waals surface area contributed by atoms with Gasteiger partial charge in [-0.1, -0.05) is 72.8 Å². The molecule has 0 unspecified atom stereocenters. The summed E-state index contributed by atoms with van der Waals surface area (Å²) < 4.78 is 5.88. The fourth-order valence-corrected chi connectivity index (χ4v) is 2.74. The van der Waals surface area contributed by atoms with Crippen molar-refractivity contribution in [2.75, 3.05) is 5.32 Å². The third-order valence-corrected chi connectivity index (χ3v) is 4.11. The molecule has 3 aromatic carbocycles.